The van der Waals surface area contributed by atoms with Crippen LogP contribution in [0.3, 0.4) is 0 Å². The Balaban J connectivity index is 1.44. The van der Waals surface area contributed by atoms with Gasteiger partial charge in [-0.3, -0.25) is 14.9 Å². The van der Waals surface area contributed by atoms with Crippen LogP contribution in [0.1, 0.15) is 32.6 Å². The third-order valence-electron chi connectivity index (χ3n) is 5.76. The molecular formula is C19H29N4O3+. The van der Waals surface area contributed by atoms with E-state index in [0.717, 1.165) is 38.3 Å². The minimum absolute atomic E-state index is 0.117. The summed E-state index contributed by atoms with van der Waals surface area (Å²) in [4.78, 5) is 26.3. The van der Waals surface area contributed by atoms with Crippen LogP contribution < -0.4 is 15.1 Å². The second-order valence-corrected chi connectivity index (χ2v) is 7.62. The van der Waals surface area contributed by atoms with Crippen molar-refractivity contribution in [3.8, 4) is 0 Å². The summed E-state index contributed by atoms with van der Waals surface area (Å²) >= 11 is 0. The topological polar surface area (TPSA) is 79.9 Å². The average Bonchev–Trinajstić information content (AvgIpc) is 2.64. The number of non-ortho nitro benzene ring substituents is 1. The number of piperazine rings is 1. The molecule has 1 saturated heterocycles. The number of hydrogen-bond acceptors (Lipinski definition) is 4. The maximum atomic E-state index is 12.4. The first-order valence-electron chi connectivity index (χ1n) is 9.65. The lowest BCUT2D eigenvalue weighted by atomic mass is 9.86. The van der Waals surface area contributed by atoms with E-state index >= 15 is 0 Å². The Bertz CT molecular complexity index is 626. The van der Waals surface area contributed by atoms with Gasteiger partial charge in [0, 0.05) is 23.9 Å². The van der Waals surface area contributed by atoms with Crippen molar-refractivity contribution in [2.24, 2.45) is 5.92 Å². The predicted molar refractivity (Wildman–Crippen MR) is 100 cm³/mol. The molecule has 0 radical (unpaired) electrons. The molecule has 1 aromatic rings. The van der Waals surface area contributed by atoms with Gasteiger partial charge >= 0.3 is 0 Å². The summed E-state index contributed by atoms with van der Waals surface area (Å²) in [5.74, 6) is 0.754. The number of nitro groups is 1. The molecule has 1 amide bonds. The molecule has 1 aliphatic heterocycles. The van der Waals surface area contributed by atoms with Crippen LogP contribution >= 0.6 is 0 Å². The highest BCUT2D eigenvalue weighted by atomic mass is 16.6. The molecule has 2 N–H and O–H groups in total. The number of nitrogens with one attached hydrogen (secondary N) is 2. The molecule has 1 aliphatic carbocycles. The molecule has 1 aromatic carbocycles. The highest BCUT2D eigenvalue weighted by Crippen LogP contribution is 2.23. The van der Waals surface area contributed by atoms with Crippen LogP contribution in [0, 0.1) is 16.0 Å². The minimum atomic E-state index is -0.377. The first-order valence-corrected chi connectivity index (χ1v) is 9.65. The first-order chi connectivity index (χ1) is 12.5. The molecule has 1 heterocycles. The van der Waals surface area contributed by atoms with Gasteiger partial charge in [0.1, 0.15) is 0 Å². The van der Waals surface area contributed by atoms with Crippen LogP contribution in [-0.2, 0) is 4.79 Å². The van der Waals surface area contributed by atoms with E-state index in [1.165, 1.54) is 24.2 Å². The van der Waals surface area contributed by atoms with Gasteiger partial charge in [-0.1, -0.05) is 19.8 Å². The normalized spacial score (nSPS) is 24.3. The highest BCUT2D eigenvalue weighted by molar-refractivity contribution is 5.77. The van der Waals surface area contributed by atoms with Crippen LogP contribution in [-0.4, -0.2) is 49.6 Å². The van der Waals surface area contributed by atoms with E-state index in [4.69, 9.17) is 0 Å². The molecule has 2 atom stereocenters. The van der Waals surface area contributed by atoms with E-state index in [9.17, 15) is 14.9 Å². The number of hydrogen-bond donors (Lipinski definition) is 2. The third-order valence-corrected chi connectivity index (χ3v) is 5.76. The van der Waals surface area contributed by atoms with Crippen molar-refractivity contribution in [3.63, 3.8) is 0 Å². The van der Waals surface area contributed by atoms with Gasteiger partial charge in [-0.2, -0.15) is 0 Å². The molecular weight excluding hydrogens is 332 g/mol. The van der Waals surface area contributed by atoms with Crippen molar-refractivity contribution in [1.82, 2.24) is 5.32 Å². The Kier molecular flexibility index (Phi) is 6.08. The summed E-state index contributed by atoms with van der Waals surface area (Å²) in [7, 11) is 0. The van der Waals surface area contributed by atoms with Crippen molar-refractivity contribution in [1.29, 1.82) is 0 Å². The van der Waals surface area contributed by atoms with Crippen molar-refractivity contribution in [3.05, 3.63) is 34.4 Å². The first kappa shape index (κ1) is 18.6. The number of benzene rings is 1. The van der Waals surface area contributed by atoms with Gasteiger partial charge in [0.05, 0.1) is 31.1 Å². The second-order valence-electron chi connectivity index (χ2n) is 7.62. The molecule has 3 rings (SSSR count). The minimum Gasteiger partial charge on any atom is -0.360 e. The lowest BCUT2D eigenvalue weighted by Gasteiger charge is -2.34. The number of rotatable bonds is 5. The fourth-order valence-electron chi connectivity index (χ4n) is 4.06. The van der Waals surface area contributed by atoms with E-state index in [-0.39, 0.29) is 16.5 Å². The number of anilines is 1. The van der Waals surface area contributed by atoms with Crippen LogP contribution in [0.5, 0.6) is 0 Å². The van der Waals surface area contributed by atoms with Gasteiger partial charge in [-0.05, 0) is 30.9 Å². The van der Waals surface area contributed by atoms with Gasteiger partial charge in [-0.15, -0.1) is 0 Å². The standard InChI is InChI=1S/C19H28N4O3/c1-15-4-2-3-5-18(15)20-19(24)14-21-10-12-22(13-11-21)16-6-8-17(9-7-16)23(25)26/h6-9,15,18H,2-5,10-14H2,1H3,(H,20,24)/p+1/t15-,18-/m1/s1. The Morgan fingerprint density at radius 2 is 1.88 bits per heavy atom. The smallest absolute Gasteiger partial charge is 0.275 e. The zero-order valence-corrected chi connectivity index (χ0v) is 15.4. The SMILES string of the molecule is C[C@@H]1CCCC[C@H]1NC(=O)C[NH+]1CCN(c2ccc([N+](=O)[O-])cc2)CC1. The molecule has 0 unspecified atom stereocenters. The maximum absolute atomic E-state index is 12.4. The quantitative estimate of drug-likeness (QED) is 0.606. The summed E-state index contributed by atoms with van der Waals surface area (Å²) < 4.78 is 0. The van der Waals surface area contributed by atoms with E-state index in [2.05, 4.69) is 17.1 Å². The number of nitro benzene ring substituents is 1. The van der Waals surface area contributed by atoms with Crippen LogP contribution in [0.4, 0.5) is 11.4 Å². The Morgan fingerprint density at radius 3 is 2.50 bits per heavy atom. The fraction of sp³-hybridized carbons (Fsp3) is 0.632. The van der Waals surface area contributed by atoms with Crippen molar-refractivity contribution in [2.75, 3.05) is 37.6 Å². The summed E-state index contributed by atoms with van der Waals surface area (Å²) in [6.07, 6.45) is 4.82. The summed E-state index contributed by atoms with van der Waals surface area (Å²) in [5, 5.41) is 14.0. The van der Waals surface area contributed by atoms with Gasteiger partial charge in [0.15, 0.2) is 6.54 Å². The van der Waals surface area contributed by atoms with Crippen molar-refractivity contribution in [2.45, 2.75) is 38.6 Å². The number of nitrogens with zero attached hydrogens (tertiary/aromatic N) is 2. The molecule has 7 heteroatoms. The molecule has 0 spiro atoms. The number of amides is 1. The van der Waals surface area contributed by atoms with Gasteiger partial charge in [0.2, 0.25) is 0 Å². The fourth-order valence-corrected chi connectivity index (χ4v) is 4.06. The monoisotopic (exact) mass is 361 g/mol. The van der Waals surface area contributed by atoms with E-state index < -0.39 is 0 Å². The van der Waals surface area contributed by atoms with Crippen LogP contribution in [0.25, 0.3) is 0 Å². The van der Waals surface area contributed by atoms with E-state index in [1.54, 1.807) is 24.3 Å². The highest BCUT2D eigenvalue weighted by Gasteiger charge is 2.26. The van der Waals surface area contributed by atoms with Gasteiger partial charge < -0.3 is 15.1 Å². The van der Waals surface area contributed by atoms with Crippen molar-refractivity contribution >= 4 is 17.3 Å². The lowest BCUT2D eigenvalue weighted by Crippen LogP contribution is -3.16. The van der Waals surface area contributed by atoms with Gasteiger partial charge in [0.25, 0.3) is 11.6 Å². The largest absolute Gasteiger partial charge is 0.360 e. The molecule has 1 saturated carbocycles. The van der Waals surface area contributed by atoms with Gasteiger partial charge in [-0.25, -0.2) is 0 Å². The Labute approximate surface area is 154 Å². The van der Waals surface area contributed by atoms with E-state index in [0.29, 0.717) is 18.5 Å². The van der Waals surface area contributed by atoms with Crippen LogP contribution in [0.2, 0.25) is 0 Å². The number of carbonyl (C=O) groups excluding carboxylic acids is 1. The third kappa shape index (κ3) is 4.72. The molecule has 142 valence electrons. The molecule has 2 aliphatic rings. The predicted octanol–water partition coefficient (Wildman–Crippen LogP) is 0.995. The maximum Gasteiger partial charge on any atom is 0.275 e. The molecule has 2 fully saturated rings. The second kappa shape index (κ2) is 8.49. The number of carbonyl (C=O) groups is 1. The zero-order valence-electron chi connectivity index (χ0n) is 15.4. The molecule has 0 bridgehead atoms. The summed E-state index contributed by atoms with van der Waals surface area (Å²) in [5.41, 5.74) is 1.13. The lowest BCUT2D eigenvalue weighted by molar-refractivity contribution is -0.892. The average molecular weight is 361 g/mol. The van der Waals surface area contributed by atoms with E-state index in [1.807, 2.05) is 0 Å². The summed E-state index contributed by atoms with van der Waals surface area (Å²) in [6.45, 7) is 6.31. The zero-order chi connectivity index (χ0) is 18.5. The number of quaternary nitrogens is 1. The van der Waals surface area contributed by atoms with Crippen LogP contribution in [0.15, 0.2) is 24.3 Å². The molecule has 7 nitrogen and oxygen atoms in total. The Morgan fingerprint density at radius 1 is 1.23 bits per heavy atom. The molecule has 26 heavy (non-hydrogen) atoms. The molecule has 0 aromatic heterocycles. The van der Waals surface area contributed by atoms with Crippen molar-refractivity contribution < 1.29 is 14.6 Å². The Hall–Kier alpha value is -2.15. The summed E-state index contributed by atoms with van der Waals surface area (Å²) in [6, 6.07) is 7.05.